The van der Waals surface area contributed by atoms with E-state index in [4.69, 9.17) is 5.73 Å². The Balaban J connectivity index is 2.18. The zero-order valence-corrected chi connectivity index (χ0v) is 10.2. The Morgan fingerprint density at radius 3 is 3.00 bits per heavy atom. The number of nitrogens with two attached hydrogens (primary N) is 1. The summed E-state index contributed by atoms with van der Waals surface area (Å²) in [5, 5.41) is 3.28. The quantitative estimate of drug-likeness (QED) is 0.833. The molecule has 3 N–H and O–H groups in total. The number of pyridine rings is 1. The van der Waals surface area contributed by atoms with E-state index in [1.54, 1.807) is 6.21 Å². The molecule has 0 saturated carbocycles. The number of aliphatic imine (C=N–C) groups is 1. The molecular formula is C13H18N4. The Kier molecular flexibility index (Phi) is 3.24. The number of nitrogens with zero attached hydrogens (tertiary/aromatic N) is 2. The summed E-state index contributed by atoms with van der Waals surface area (Å²) in [6, 6.07) is 5.86. The average Bonchev–Trinajstić information content (AvgIpc) is 2.32. The number of hydrogen-bond acceptors (Lipinski definition) is 4. The number of rotatable bonds is 3. The van der Waals surface area contributed by atoms with E-state index in [0.717, 1.165) is 17.9 Å². The lowest BCUT2D eigenvalue weighted by molar-refractivity contribution is 0.436. The monoisotopic (exact) mass is 230 g/mol. The molecule has 0 saturated heterocycles. The van der Waals surface area contributed by atoms with Crippen molar-refractivity contribution in [3.63, 3.8) is 0 Å². The summed E-state index contributed by atoms with van der Waals surface area (Å²) < 4.78 is 0. The predicted octanol–water partition coefficient (Wildman–Crippen LogP) is 1.88. The average molecular weight is 230 g/mol. The number of dihydropyridines is 1. The first-order valence-electron chi connectivity index (χ1n) is 5.84. The number of anilines is 1. The molecule has 0 amide bonds. The maximum absolute atomic E-state index is 6.30. The van der Waals surface area contributed by atoms with Crippen LogP contribution in [-0.2, 0) is 0 Å². The highest BCUT2D eigenvalue weighted by molar-refractivity contribution is 5.73. The van der Waals surface area contributed by atoms with E-state index in [1.807, 2.05) is 37.3 Å². The molecule has 0 fully saturated rings. The lowest BCUT2D eigenvalue weighted by Gasteiger charge is -2.33. The Hall–Kier alpha value is -1.68. The van der Waals surface area contributed by atoms with Gasteiger partial charge in [0, 0.05) is 11.9 Å². The first-order valence-corrected chi connectivity index (χ1v) is 5.84. The van der Waals surface area contributed by atoms with Crippen LogP contribution in [0.25, 0.3) is 0 Å². The largest absolute Gasteiger partial charge is 0.347 e. The van der Waals surface area contributed by atoms with Crippen LogP contribution in [0.5, 0.6) is 0 Å². The van der Waals surface area contributed by atoms with E-state index in [-0.39, 0.29) is 6.17 Å². The van der Waals surface area contributed by atoms with E-state index in [1.165, 1.54) is 0 Å². The van der Waals surface area contributed by atoms with E-state index >= 15 is 0 Å². The lowest BCUT2D eigenvalue weighted by atomic mass is 9.91. The van der Waals surface area contributed by atoms with Crippen LogP contribution >= 0.6 is 0 Å². The fourth-order valence-electron chi connectivity index (χ4n) is 1.83. The van der Waals surface area contributed by atoms with E-state index in [2.05, 4.69) is 22.2 Å². The van der Waals surface area contributed by atoms with Crippen LogP contribution in [0.2, 0.25) is 0 Å². The molecule has 2 atom stereocenters. The van der Waals surface area contributed by atoms with Crippen molar-refractivity contribution in [1.82, 2.24) is 4.98 Å². The molecule has 2 heterocycles. The molecule has 2 unspecified atom stereocenters. The Bertz CT molecular complexity index is 452. The molecule has 0 bridgehead atoms. The van der Waals surface area contributed by atoms with Crippen molar-refractivity contribution in [3.05, 3.63) is 36.0 Å². The van der Waals surface area contributed by atoms with Crippen molar-refractivity contribution in [2.24, 2.45) is 10.7 Å². The van der Waals surface area contributed by atoms with Gasteiger partial charge in [0.2, 0.25) is 0 Å². The summed E-state index contributed by atoms with van der Waals surface area (Å²) in [6.45, 7) is 4.02. The van der Waals surface area contributed by atoms with Gasteiger partial charge in [-0.1, -0.05) is 19.1 Å². The molecule has 1 aromatic rings. The molecule has 1 aromatic heterocycles. The molecule has 0 aromatic carbocycles. The molecule has 1 aliphatic rings. The van der Waals surface area contributed by atoms with Gasteiger partial charge in [0.05, 0.1) is 5.54 Å². The molecule has 4 nitrogen and oxygen atoms in total. The number of allylic oxidation sites excluding steroid dienone is 1. The number of hydrogen-bond donors (Lipinski definition) is 2. The van der Waals surface area contributed by atoms with Gasteiger partial charge in [0.15, 0.2) is 0 Å². The topological polar surface area (TPSA) is 63.3 Å². The Labute approximate surface area is 102 Å². The molecule has 1 aliphatic heterocycles. The van der Waals surface area contributed by atoms with Gasteiger partial charge in [-0.15, -0.1) is 0 Å². The summed E-state index contributed by atoms with van der Waals surface area (Å²) in [5.74, 6) is 0.811. The summed E-state index contributed by atoms with van der Waals surface area (Å²) in [5.41, 5.74) is 6.83. The van der Waals surface area contributed by atoms with Crippen LogP contribution in [0.15, 0.2) is 35.3 Å². The van der Waals surface area contributed by atoms with Crippen molar-refractivity contribution in [3.8, 4) is 0 Å². The van der Waals surface area contributed by atoms with Gasteiger partial charge < -0.3 is 11.1 Å². The van der Waals surface area contributed by atoms with Crippen molar-refractivity contribution in [2.75, 3.05) is 5.32 Å². The fraction of sp³-hybridized carbons (Fsp3) is 0.385. The molecule has 0 aliphatic carbocycles. The maximum Gasteiger partial charge on any atom is 0.141 e. The molecule has 90 valence electrons. The molecule has 0 radical (unpaired) electrons. The SMILES string of the molecule is CCC1(N)C=CC=NC1Nc1cccc(C)n1. The van der Waals surface area contributed by atoms with Crippen LogP contribution in [0.3, 0.4) is 0 Å². The number of nitrogens with one attached hydrogen (secondary N) is 1. The van der Waals surface area contributed by atoms with E-state index in [0.29, 0.717) is 0 Å². The summed E-state index contributed by atoms with van der Waals surface area (Å²) in [6.07, 6.45) is 6.32. The normalized spacial score (nSPS) is 27.1. The molecular weight excluding hydrogens is 212 g/mol. The van der Waals surface area contributed by atoms with Gasteiger partial charge in [0.1, 0.15) is 12.0 Å². The summed E-state index contributed by atoms with van der Waals surface area (Å²) in [4.78, 5) is 8.79. The molecule has 2 rings (SSSR count). The Morgan fingerprint density at radius 1 is 1.47 bits per heavy atom. The maximum atomic E-state index is 6.30. The minimum atomic E-state index is -0.444. The molecule has 17 heavy (non-hydrogen) atoms. The van der Waals surface area contributed by atoms with Crippen molar-refractivity contribution in [2.45, 2.75) is 32.0 Å². The highest BCUT2D eigenvalue weighted by Crippen LogP contribution is 2.21. The minimum absolute atomic E-state index is 0.160. The van der Waals surface area contributed by atoms with Crippen LogP contribution in [0.4, 0.5) is 5.82 Å². The predicted molar refractivity (Wildman–Crippen MR) is 71.2 cm³/mol. The fourth-order valence-corrected chi connectivity index (χ4v) is 1.83. The zero-order chi connectivity index (χ0) is 12.3. The van der Waals surface area contributed by atoms with Crippen LogP contribution in [0.1, 0.15) is 19.0 Å². The second kappa shape index (κ2) is 4.67. The van der Waals surface area contributed by atoms with Gasteiger partial charge >= 0.3 is 0 Å². The van der Waals surface area contributed by atoms with Crippen LogP contribution in [0, 0.1) is 6.92 Å². The van der Waals surface area contributed by atoms with Gasteiger partial charge in [-0.2, -0.15) is 0 Å². The molecule has 0 spiro atoms. The second-order valence-corrected chi connectivity index (χ2v) is 4.33. The van der Waals surface area contributed by atoms with Crippen molar-refractivity contribution >= 4 is 12.0 Å². The first-order chi connectivity index (χ1) is 8.14. The summed E-state index contributed by atoms with van der Waals surface area (Å²) >= 11 is 0. The highest BCUT2D eigenvalue weighted by Gasteiger charge is 2.31. The summed E-state index contributed by atoms with van der Waals surface area (Å²) in [7, 11) is 0. The van der Waals surface area contributed by atoms with Crippen molar-refractivity contribution < 1.29 is 0 Å². The standard InChI is InChI=1S/C13H18N4/c1-3-13(14)8-5-9-15-12(13)17-11-7-4-6-10(2)16-11/h4-9,12H,3,14H2,1-2H3,(H,16,17). The van der Waals surface area contributed by atoms with Gasteiger partial charge in [-0.05, 0) is 31.6 Å². The van der Waals surface area contributed by atoms with Gasteiger partial charge in [-0.3, -0.25) is 4.99 Å². The third-order valence-corrected chi connectivity index (χ3v) is 3.02. The van der Waals surface area contributed by atoms with Gasteiger partial charge in [-0.25, -0.2) is 4.98 Å². The minimum Gasteiger partial charge on any atom is -0.347 e. The van der Waals surface area contributed by atoms with Crippen LogP contribution in [-0.4, -0.2) is 22.9 Å². The van der Waals surface area contributed by atoms with E-state index < -0.39 is 5.54 Å². The highest BCUT2D eigenvalue weighted by atomic mass is 15.2. The van der Waals surface area contributed by atoms with E-state index in [9.17, 15) is 0 Å². The van der Waals surface area contributed by atoms with Crippen molar-refractivity contribution in [1.29, 1.82) is 0 Å². The first kappa shape index (κ1) is 11.8. The third kappa shape index (κ3) is 2.53. The zero-order valence-electron chi connectivity index (χ0n) is 10.2. The molecule has 4 heteroatoms. The second-order valence-electron chi connectivity index (χ2n) is 4.33. The lowest BCUT2D eigenvalue weighted by Crippen LogP contribution is -2.52. The van der Waals surface area contributed by atoms with Gasteiger partial charge in [0.25, 0.3) is 0 Å². The number of aromatic nitrogens is 1. The number of aryl methyl sites for hydroxylation is 1. The smallest absolute Gasteiger partial charge is 0.141 e. The Morgan fingerprint density at radius 2 is 2.29 bits per heavy atom. The third-order valence-electron chi connectivity index (χ3n) is 3.02. The van der Waals surface area contributed by atoms with Crippen LogP contribution < -0.4 is 11.1 Å².